The van der Waals surface area contributed by atoms with Crippen molar-refractivity contribution in [1.82, 2.24) is 5.32 Å². The number of amides is 4. The summed E-state index contributed by atoms with van der Waals surface area (Å²) in [6.07, 6.45) is 0. The molecule has 0 aliphatic carbocycles. The Kier molecular flexibility index (Phi) is 6.18. The van der Waals surface area contributed by atoms with Gasteiger partial charge in [0.15, 0.2) is 0 Å². The van der Waals surface area contributed by atoms with Crippen molar-refractivity contribution in [2.24, 2.45) is 0 Å². The summed E-state index contributed by atoms with van der Waals surface area (Å²) in [7, 11) is -9.96. The number of rotatable bonds is 5. The van der Waals surface area contributed by atoms with E-state index in [4.69, 9.17) is 0 Å². The third-order valence-electron chi connectivity index (χ3n) is 7.49. The molecule has 43 heavy (non-hydrogen) atoms. The second-order valence-electron chi connectivity index (χ2n) is 10.3. The number of nitrogens with one attached hydrogen (secondary N) is 1. The van der Waals surface area contributed by atoms with E-state index >= 15 is 0 Å². The predicted molar refractivity (Wildman–Crippen MR) is 152 cm³/mol. The Morgan fingerprint density at radius 2 is 1.02 bits per heavy atom. The van der Waals surface area contributed by atoms with Crippen molar-refractivity contribution in [2.75, 3.05) is 4.90 Å². The first-order valence-electron chi connectivity index (χ1n) is 12.7. The molecule has 6 rings (SSSR count). The Morgan fingerprint density at radius 3 is 1.51 bits per heavy atom. The average Bonchev–Trinajstić information content (AvgIpc) is 2.93. The first-order chi connectivity index (χ1) is 20.1. The average molecular weight is 621 g/mol. The van der Waals surface area contributed by atoms with Crippen LogP contribution in [0.3, 0.4) is 0 Å². The summed E-state index contributed by atoms with van der Waals surface area (Å²) in [5, 5.41) is 2.43. The van der Waals surface area contributed by atoms with E-state index in [1.165, 1.54) is 48.5 Å². The number of hydrogen-bond donors (Lipinski definition) is 3. The fourth-order valence-electron chi connectivity index (χ4n) is 5.46. The van der Waals surface area contributed by atoms with Crippen LogP contribution in [0.2, 0.25) is 0 Å². The summed E-state index contributed by atoms with van der Waals surface area (Å²) in [6, 6.07) is 12.5. The first kappa shape index (κ1) is 28.4. The molecule has 0 atom stereocenters. The number of imide groups is 2. The highest BCUT2D eigenvalue weighted by Crippen LogP contribution is 2.40. The second-order valence-corrected chi connectivity index (χ2v) is 13.1. The molecular formula is C29H20N2O10S2. The number of hydrogen-bond acceptors (Lipinski definition) is 8. The van der Waals surface area contributed by atoms with Gasteiger partial charge in [0, 0.05) is 44.2 Å². The minimum atomic E-state index is -5.09. The zero-order valence-electron chi connectivity index (χ0n) is 22.3. The monoisotopic (exact) mass is 620 g/mol. The van der Waals surface area contributed by atoms with Crippen molar-refractivity contribution in [3.05, 3.63) is 88.5 Å². The van der Waals surface area contributed by atoms with Gasteiger partial charge in [-0.1, -0.05) is 32.0 Å². The smallest absolute Gasteiger partial charge is 0.288 e. The highest BCUT2D eigenvalue weighted by atomic mass is 32.2. The van der Waals surface area contributed by atoms with Crippen LogP contribution in [0.25, 0.3) is 21.9 Å². The van der Waals surface area contributed by atoms with Gasteiger partial charge in [-0.15, -0.1) is 0 Å². The molecule has 2 aliphatic rings. The van der Waals surface area contributed by atoms with Crippen LogP contribution in [-0.4, -0.2) is 49.6 Å². The normalized spacial score (nSPS) is 15.0. The molecule has 4 aromatic carbocycles. The molecule has 4 aromatic rings. The van der Waals surface area contributed by atoms with E-state index in [2.05, 4.69) is 5.32 Å². The lowest BCUT2D eigenvalue weighted by atomic mass is 9.86. The molecule has 0 fully saturated rings. The van der Waals surface area contributed by atoms with Gasteiger partial charge in [0.2, 0.25) is 0 Å². The van der Waals surface area contributed by atoms with Crippen molar-refractivity contribution in [1.29, 1.82) is 0 Å². The summed E-state index contributed by atoms with van der Waals surface area (Å²) in [4.78, 5) is 51.5. The summed E-state index contributed by atoms with van der Waals surface area (Å²) in [5.74, 6) is -3.32. The minimum Gasteiger partial charge on any atom is -0.288 e. The maximum Gasteiger partial charge on any atom is 0.295 e. The molecule has 12 nitrogen and oxygen atoms in total. The molecule has 0 aromatic heterocycles. The molecular weight excluding hydrogens is 600 g/mol. The lowest BCUT2D eigenvalue weighted by Gasteiger charge is -2.29. The number of carbonyl (C=O) groups is 4. The Bertz CT molecular complexity index is 2150. The van der Waals surface area contributed by atoms with Gasteiger partial charge >= 0.3 is 0 Å². The fourth-order valence-corrected chi connectivity index (χ4v) is 6.92. The van der Waals surface area contributed by atoms with Gasteiger partial charge in [-0.3, -0.25) is 33.6 Å². The van der Waals surface area contributed by atoms with Crippen LogP contribution >= 0.6 is 0 Å². The molecule has 3 N–H and O–H groups in total. The Labute approximate surface area is 244 Å². The zero-order valence-corrected chi connectivity index (χ0v) is 23.9. The molecule has 0 unspecified atom stereocenters. The molecule has 0 saturated heterocycles. The van der Waals surface area contributed by atoms with Crippen molar-refractivity contribution in [2.45, 2.75) is 29.6 Å². The fraction of sp³-hybridized carbons (Fsp3) is 0.103. The van der Waals surface area contributed by atoms with E-state index in [0.29, 0.717) is 10.5 Å². The maximum atomic E-state index is 13.7. The van der Waals surface area contributed by atoms with Crippen LogP contribution in [0.15, 0.2) is 70.5 Å². The molecule has 0 bridgehead atoms. The lowest BCUT2D eigenvalue weighted by molar-refractivity contribution is 0.0837. The molecule has 0 spiro atoms. The highest BCUT2D eigenvalue weighted by molar-refractivity contribution is 7.86. The SMILES string of the molecule is CC(C)c1ccc(-c2ccc(N3C(=O)c4ccc5c6c(ccc(c46)C3=O)C(=O)NC5=O)cc2S(=O)(=O)O)c(S(=O)(=O)O)c1. The Hall–Kier alpha value is -4.76. The standard InChI is InChI=1S/C29H20N2O10S2/c1-13(2)14-3-5-16(22(11-14)42(36,37)38)17-6-4-15(12-23(17)43(39,40)41)31-28(34)20-9-7-18-24-19(27(33)30-26(18)32)8-10-21(25(20)24)29(31)35/h3-13H,1-2H3,(H,30,32,33)(H,36,37,38)(H,39,40,41). The van der Waals surface area contributed by atoms with Crippen LogP contribution in [0.1, 0.15) is 66.8 Å². The van der Waals surface area contributed by atoms with E-state index in [-0.39, 0.29) is 55.8 Å². The summed E-state index contributed by atoms with van der Waals surface area (Å²) < 4.78 is 69.8. The molecule has 218 valence electrons. The van der Waals surface area contributed by atoms with Crippen LogP contribution in [0.4, 0.5) is 5.69 Å². The summed E-state index contributed by atoms with van der Waals surface area (Å²) >= 11 is 0. The second kappa shape index (κ2) is 9.37. The molecule has 2 aliphatic heterocycles. The molecule has 2 heterocycles. The minimum absolute atomic E-state index is 0.0342. The van der Waals surface area contributed by atoms with Crippen molar-refractivity contribution < 1.29 is 45.1 Å². The lowest BCUT2D eigenvalue weighted by Crippen LogP contribution is -2.42. The Balaban J connectivity index is 1.55. The van der Waals surface area contributed by atoms with E-state index in [0.717, 1.165) is 12.1 Å². The van der Waals surface area contributed by atoms with Crippen molar-refractivity contribution >= 4 is 60.3 Å². The topological polar surface area (TPSA) is 192 Å². The van der Waals surface area contributed by atoms with E-state index in [1.807, 2.05) is 0 Å². The third kappa shape index (κ3) is 4.34. The summed E-state index contributed by atoms with van der Waals surface area (Å²) in [6.45, 7) is 3.57. The van der Waals surface area contributed by atoms with E-state index in [9.17, 15) is 45.1 Å². The number of carbonyl (C=O) groups excluding carboxylic acids is 4. The van der Waals surface area contributed by atoms with Gasteiger partial charge in [-0.2, -0.15) is 16.8 Å². The van der Waals surface area contributed by atoms with Crippen LogP contribution < -0.4 is 10.2 Å². The van der Waals surface area contributed by atoms with Crippen molar-refractivity contribution in [3.63, 3.8) is 0 Å². The molecule has 0 saturated carbocycles. The number of anilines is 1. The largest absolute Gasteiger partial charge is 0.295 e. The highest BCUT2D eigenvalue weighted by Gasteiger charge is 2.38. The maximum absolute atomic E-state index is 13.7. The van der Waals surface area contributed by atoms with Gasteiger partial charge in [0.05, 0.1) is 5.69 Å². The van der Waals surface area contributed by atoms with Gasteiger partial charge in [0.1, 0.15) is 9.79 Å². The first-order valence-corrected chi connectivity index (χ1v) is 15.5. The predicted octanol–water partition coefficient (Wildman–Crippen LogP) is 3.81. The van der Waals surface area contributed by atoms with E-state index < -0.39 is 53.7 Å². The van der Waals surface area contributed by atoms with E-state index in [1.54, 1.807) is 13.8 Å². The number of benzene rings is 4. The van der Waals surface area contributed by atoms with Gasteiger partial charge in [-0.25, -0.2) is 4.90 Å². The molecule has 14 heteroatoms. The van der Waals surface area contributed by atoms with Gasteiger partial charge < -0.3 is 0 Å². The zero-order chi connectivity index (χ0) is 31.2. The van der Waals surface area contributed by atoms with Crippen LogP contribution in [-0.2, 0) is 20.2 Å². The van der Waals surface area contributed by atoms with Crippen LogP contribution in [0.5, 0.6) is 0 Å². The van der Waals surface area contributed by atoms with Crippen molar-refractivity contribution in [3.8, 4) is 11.1 Å². The van der Waals surface area contributed by atoms with Gasteiger partial charge in [-0.05, 0) is 53.9 Å². The summed E-state index contributed by atoms with van der Waals surface area (Å²) in [5.41, 5.74) is -0.165. The van der Waals surface area contributed by atoms with Gasteiger partial charge in [0.25, 0.3) is 43.9 Å². The molecule has 4 amide bonds. The Morgan fingerprint density at radius 1 is 0.605 bits per heavy atom. The third-order valence-corrected chi connectivity index (χ3v) is 9.27. The van der Waals surface area contributed by atoms with Crippen LogP contribution in [0, 0.1) is 0 Å². The quantitative estimate of drug-likeness (QED) is 0.218. The molecule has 0 radical (unpaired) electrons. The number of nitrogens with zero attached hydrogens (tertiary/aromatic N) is 1.